The third-order valence-corrected chi connectivity index (χ3v) is 7.41. The minimum atomic E-state index is -0.523. The molecule has 5 aromatic rings. The van der Waals surface area contributed by atoms with Gasteiger partial charge in [0.1, 0.15) is 28.4 Å². The number of hydrogen-bond acceptors (Lipinski definition) is 6. The summed E-state index contributed by atoms with van der Waals surface area (Å²) in [5, 5.41) is 25.0. The number of aromatic nitrogens is 2. The van der Waals surface area contributed by atoms with Crippen molar-refractivity contribution < 1.29 is 24.5 Å². The smallest absolute Gasteiger partial charge is 0.274 e. The van der Waals surface area contributed by atoms with Crippen molar-refractivity contribution in [2.24, 2.45) is 0 Å². The van der Waals surface area contributed by atoms with E-state index in [4.69, 9.17) is 4.74 Å². The van der Waals surface area contributed by atoms with E-state index >= 15 is 0 Å². The number of ether oxygens (including phenoxy) is 1. The zero-order valence-corrected chi connectivity index (χ0v) is 22.8. The zero-order valence-electron chi connectivity index (χ0n) is 22.8. The van der Waals surface area contributed by atoms with Crippen LogP contribution in [0, 0.1) is 0 Å². The quantitative estimate of drug-likeness (QED) is 0.214. The van der Waals surface area contributed by atoms with Crippen molar-refractivity contribution in [1.82, 2.24) is 9.97 Å². The predicted molar refractivity (Wildman–Crippen MR) is 158 cm³/mol. The molecule has 0 unspecified atom stereocenters. The van der Waals surface area contributed by atoms with Crippen molar-refractivity contribution >= 4 is 45.0 Å². The van der Waals surface area contributed by atoms with Crippen LogP contribution in [0.5, 0.6) is 11.5 Å². The Labute approximate surface area is 236 Å². The van der Waals surface area contributed by atoms with Crippen LogP contribution in [0.15, 0.2) is 72.9 Å². The lowest BCUT2D eigenvalue weighted by Gasteiger charge is -2.25. The molecule has 0 aliphatic carbocycles. The van der Waals surface area contributed by atoms with Crippen molar-refractivity contribution in [2.45, 2.75) is 32.3 Å². The Morgan fingerprint density at radius 3 is 2.59 bits per heavy atom. The van der Waals surface area contributed by atoms with Crippen LogP contribution in [0.4, 0.5) is 11.4 Å². The number of aromatic hydroxyl groups is 1. The Kier molecular flexibility index (Phi) is 6.59. The number of nitrogens with one attached hydrogen (secondary N) is 2. The molecular weight excluding hydrogens is 520 g/mol. The normalized spacial score (nSPS) is 13.0. The highest BCUT2D eigenvalue weighted by molar-refractivity contribution is 6.11. The molecule has 9 heteroatoms. The molecule has 0 atom stereocenters. The Morgan fingerprint density at radius 1 is 1.07 bits per heavy atom. The van der Waals surface area contributed by atoms with Crippen LogP contribution < -0.4 is 15.0 Å². The summed E-state index contributed by atoms with van der Waals surface area (Å²) in [6.45, 7) is 4.32. The Balaban J connectivity index is 1.18. The Morgan fingerprint density at radius 2 is 1.83 bits per heavy atom. The van der Waals surface area contributed by atoms with Crippen LogP contribution >= 0.6 is 0 Å². The molecule has 0 radical (unpaired) electrons. The maximum Gasteiger partial charge on any atom is 0.274 e. The van der Waals surface area contributed by atoms with Crippen molar-refractivity contribution in [3.63, 3.8) is 0 Å². The summed E-state index contributed by atoms with van der Waals surface area (Å²) in [5.41, 5.74) is 3.07. The summed E-state index contributed by atoms with van der Waals surface area (Å²) in [7, 11) is 0. The number of aliphatic hydroxyl groups is 1. The van der Waals surface area contributed by atoms with E-state index in [2.05, 4.69) is 15.3 Å². The van der Waals surface area contributed by atoms with Gasteiger partial charge < -0.3 is 30.2 Å². The molecule has 1 aliphatic rings. The Bertz CT molecular complexity index is 1790. The fraction of sp³-hybridized carbons (Fsp3) is 0.219. The number of phenolic OH excluding ortho intramolecular Hbond substituents is 1. The van der Waals surface area contributed by atoms with Crippen LogP contribution in [0.3, 0.4) is 0 Å². The molecule has 9 nitrogen and oxygen atoms in total. The zero-order chi connectivity index (χ0) is 28.7. The molecule has 1 aliphatic heterocycles. The lowest BCUT2D eigenvalue weighted by molar-refractivity contribution is 0.0765. The number of anilines is 2. The third-order valence-electron chi connectivity index (χ3n) is 7.41. The van der Waals surface area contributed by atoms with Gasteiger partial charge in [-0.05, 0) is 67.6 Å². The molecule has 2 amide bonds. The van der Waals surface area contributed by atoms with Gasteiger partial charge in [0.25, 0.3) is 11.8 Å². The number of amides is 2. The van der Waals surface area contributed by atoms with Gasteiger partial charge in [0.05, 0.1) is 17.6 Å². The number of pyridine rings is 1. The molecule has 0 fully saturated rings. The van der Waals surface area contributed by atoms with E-state index in [1.807, 2.05) is 38.1 Å². The number of hydrogen-bond donors (Lipinski definition) is 4. The SMILES string of the molecule is CC(C)(CCO)Oc1ccc(C(=O)Nc2cnc3[nH]c(C(=O)N4CCc5c4cc(O)c4ccccc54)cc3c2)cc1. The first kappa shape index (κ1) is 26.3. The average molecular weight is 551 g/mol. The maximum absolute atomic E-state index is 13.5. The van der Waals surface area contributed by atoms with E-state index in [0.717, 1.165) is 16.3 Å². The van der Waals surface area contributed by atoms with Crippen molar-refractivity contribution in [1.29, 1.82) is 0 Å². The molecule has 0 spiro atoms. The van der Waals surface area contributed by atoms with Gasteiger partial charge in [-0.3, -0.25) is 9.59 Å². The van der Waals surface area contributed by atoms with E-state index in [1.54, 1.807) is 47.4 Å². The van der Waals surface area contributed by atoms with E-state index in [9.17, 15) is 19.8 Å². The second-order valence-corrected chi connectivity index (χ2v) is 10.8. The number of benzene rings is 3. The van der Waals surface area contributed by atoms with E-state index < -0.39 is 5.60 Å². The minimum Gasteiger partial charge on any atom is -0.507 e. The highest BCUT2D eigenvalue weighted by Crippen LogP contribution is 2.40. The number of rotatable bonds is 7. The molecule has 0 bridgehead atoms. The number of aromatic amines is 1. The van der Waals surface area contributed by atoms with Crippen LogP contribution in [-0.2, 0) is 6.42 Å². The summed E-state index contributed by atoms with van der Waals surface area (Å²) >= 11 is 0. The monoisotopic (exact) mass is 550 g/mol. The van der Waals surface area contributed by atoms with Gasteiger partial charge in [0.2, 0.25) is 0 Å². The molecule has 208 valence electrons. The maximum atomic E-state index is 13.5. The van der Waals surface area contributed by atoms with Gasteiger partial charge in [-0.15, -0.1) is 0 Å². The number of phenols is 1. The van der Waals surface area contributed by atoms with Crippen LogP contribution in [0.2, 0.25) is 0 Å². The molecular formula is C32H30N4O5. The van der Waals surface area contributed by atoms with Crippen molar-refractivity contribution in [3.8, 4) is 11.5 Å². The standard InChI is InChI=1S/C32H30N4O5/c1-32(2,12-14-37)41-22-9-7-19(8-10-22)30(39)34-21-15-20-16-26(35-29(20)33-18-21)31(40)36-13-11-24-23-5-3-4-6-25(23)28(38)17-27(24)36/h3-10,15-18,37-38H,11-14H2,1-2H3,(H,33,35)(H,34,39). The van der Waals surface area contributed by atoms with Gasteiger partial charge in [-0.25, -0.2) is 4.98 Å². The molecule has 6 rings (SSSR count). The molecule has 41 heavy (non-hydrogen) atoms. The fourth-order valence-corrected chi connectivity index (χ4v) is 5.32. The van der Waals surface area contributed by atoms with Crippen molar-refractivity contribution in [2.75, 3.05) is 23.4 Å². The summed E-state index contributed by atoms with van der Waals surface area (Å²) < 4.78 is 5.90. The first-order chi connectivity index (χ1) is 19.7. The summed E-state index contributed by atoms with van der Waals surface area (Å²) in [4.78, 5) is 35.6. The predicted octanol–water partition coefficient (Wildman–Crippen LogP) is 5.42. The largest absolute Gasteiger partial charge is 0.507 e. The molecule has 0 saturated carbocycles. The van der Waals surface area contributed by atoms with Gasteiger partial charge in [-0.2, -0.15) is 0 Å². The number of carbonyl (C=O) groups excluding carboxylic acids is 2. The molecule has 2 aromatic heterocycles. The minimum absolute atomic E-state index is 0.0247. The fourth-order valence-electron chi connectivity index (χ4n) is 5.32. The van der Waals surface area contributed by atoms with Gasteiger partial charge in [-0.1, -0.05) is 24.3 Å². The van der Waals surface area contributed by atoms with Crippen LogP contribution in [0.1, 0.15) is 46.7 Å². The van der Waals surface area contributed by atoms with Gasteiger partial charge in [0.15, 0.2) is 0 Å². The van der Waals surface area contributed by atoms with Crippen LogP contribution in [-0.4, -0.2) is 50.7 Å². The number of aliphatic hydroxyl groups excluding tert-OH is 1. The second-order valence-electron chi connectivity index (χ2n) is 10.8. The number of H-pyrrole nitrogens is 1. The number of fused-ring (bicyclic) bond motifs is 4. The average Bonchev–Trinajstić information content (AvgIpc) is 3.57. The first-order valence-corrected chi connectivity index (χ1v) is 13.5. The van der Waals surface area contributed by atoms with E-state index in [-0.39, 0.29) is 24.2 Å². The van der Waals surface area contributed by atoms with Crippen LogP contribution in [0.25, 0.3) is 21.8 Å². The lowest BCUT2D eigenvalue weighted by Crippen LogP contribution is -2.29. The number of carbonyl (C=O) groups is 2. The number of nitrogens with zero attached hydrogens (tertiary/aromatic N) is 2. The summed E-state index contributed by atoms with van der Waals surface area (Å²) in [6.07, 6.45) is 2.72. The Hall–Kier alpha value is -4.89. The van der Waals surface area contributed by atoms with Gasteiger partial charge in [0, 0.05) is 42.0 Å². The molecule has 4 N–H and O–H groups in total. The highest BCUT2D eigenvalue weighted by atomic mass is 16.5. The summed E-state index contributed by atoms with van der Waals surface area (Å²) in [6, 6.07) is 19.6. The van der Waals surface area contributed by atoms with Crippen molar-refractivity contribution in [3.05, 3.63) is 89.7 Å². The van der Waals surface area contributed by atoms with E-state index in [1.165, 1.54) is 6.20 Å². The molecule has 3 aromatic carbocycles. The third kappa shape index (κ3) is 5.07. The molecule has 0 saturated heterocycles. The van der Waals surface area contributed by atoms with E-state index in [0.29, 0.717) is 58.8 Å². The molecule has 3 heterocycles. The van der Waals surface area contributed by atoms with Gasteiger partial charge >= 0.3 is 0 Å². The topological polar surface area (TPSA) is 128 Å². The first-order valence-electron chi connectivity index (χ1n) is 13.5. The second kappa shape index (κ2) is 10.3. The highest BCUT2D eigenvalue weighted by Gasteiger charge is 2.29. The lowest BCUT2D eigenvalue weighted by atomic mass is 10.0. The summed E-state index contributed by atoms with van der Waals surface area (Å²) in [5.74, 6) is 0.230.